The number of piperidine rings is 1. The van der Waals surface area contributed by atoms with Gasteiger partial charge in [0.1, 0.15) is 5.75 Å². The van der Waals surface area contributed by atoms with E-state index in [1.54, 1.807) is 0 Å². The number of benzene rings is 2. The van der Waals surface area contributed by atoms with E-state index in [-0.39, 0.29) is 11.3 Å². The molecule has 156 valence electrons. The Bertz CT molecular complexity index is 769. The van der Waals surface area contributed by atoms with E-state index in [0.717, 1.165) is 38.1 Å². The summed E-state index contributed by atoms with van der Waals surface area (Å²) in [6, 6.07) is 18.8. The average Bonchev–Trinajstić information content (AvgIpc) is 2.72. The van der Waals surface area contributed by atoms with Crippen molar-refractivity contribution in [2.75, 3.05) is 13.1 Å². The van der Waals surface area contributed by atoms with Gasteiger partial charge in [0.15, 0.2) is 6.10 Å². The van der Waals surface area contributed by atoms with Crippen molar-refractivity contribution in [2.45, 2.75) is 64.9 Å². The molecule has 1 atom stereocenters. The van der Waals surface area contributed by atoms with Crippen LogP contribution >= 0.6 is 0 Å². The minimum absolute atomic E-state index is 0.114. The molecule has 2 aromatic rings. The van der Waals surface area contributed by atoms with Crippen LogP contribution in [0.4, 0.5) is 0 Å². The Balaban J connectivity index is 1.53. The number of carbonyl (C=O) groups excluding carboxylic acids is 1. The first-order valence-electron chi connectivity index (χ1n) is 11.0. The van der Waals surface area contributed by atoms with Crippen LogP contribution in [0.3, 0.4) is 0 Å². The minimum atomic E-state index is -0.402. The molecule has 29 heavy (non-hydrogen) atoms. The second-order valence-electron chi connectivity index (χ2n) is 9.25. The molecule has 0 aromatic heterocycles. The molecule has 3 rings (SSSR count). The normalized spacial score (nSPS) is 16.5. The summed E-state index contributed by atoms with van der Waals surface area (Å²) in [6.45, 7) is 10.3. The van der Waals surface area contributed by atoms with Crippen molar-refractivity contribution >= 4 is 5.91 Å². The largest absolute Gasteiger partial charge is 0.481 e. The number of hydrogen-bond donors (Lipinski definition) is 0. The molecule has 1 heterocycles. The smallest absolute Gasteiger partial charge is 0.263 e. The Kier molecular flexibility index (Phi) is 7.00. The maximum absolute atomic E-state index is 13.0. The van der Waals surface area contributed by atoms with E-state index in [9.17, 15) is 4.79 Å². The first-order valence-corrected chi connectivity index (χ1v) is 11.0. The fraction of sp³-hybridized carbons (Fsp3) is 0.500. The van der Waals surface area contributed by atoms with Gasteiger partial charge in [-0.1, -0.05) is 70.2 Å². The maximum atomic E-state index is 13.0. The van der Waals surface area contributed by atoms with Crippen molar-refractivity contribution in [2.24, 2.45) is 5.92 Å². The lowest BCUT2D eigenvalue weighted by atomic mass is 9.87. The first kappa shape index (κ1) is 21.4. The van der Waals surface area contributed by atoms with Crippen LogP contribution in [0.5, 0.6) is 5.75 Å². The summed E-state index contributed by atoms with van der Waals surface area (Å²) in [4.78, 5) is 15.0. The molecule has 1 saturated heterocycles. The van der Waals surface area contributed by atoms with E-state index in [4.69, 9.17) is 4.74 Å². The molecule has 0 radical (unpaired) electrons. The van der Waals surface area contributed by atoms with Gasteiger partial charge in [-0.25, -0.2) is 0 Å². The second kappa shape index (κ2) is 9.47. The zero-order chi connectivity index (χ0) is 20.9. The fourth-order valence-corrected chi connectivity index (χ4v) is 4.01. The van der Waals surface area contributed by atoms with Gasteiger partial charge in [0.25, 0.3) is 5.91 Å². The predicted molar refractivity (Wildman–Crippen MR) is 119 cm³/mol. The van der Waals surface area contributed by atoms with Crippen molar-refractivity contribution in [3.63, 3.8) is 0 Å². The molecule has 1 amide bonds. The Labute approximate surface area is 176 Å². The molecule has 3 nitrogen and oxygen atoms in total. The zero-order valence-electron chi connectivity index (χ0n) is 18.4. The molecule has 0 spiro atoms. The SMILES string of the molecule is CCC(Oc1ccc(C(C)(C)C)cc1)C(=O)N1CCC(Cc2ccccc2)CC1. The van der Waals surface area contributed by atoms with E-state index < -0.39 is 6.10 Å². The van der Waals surface area contributed by atoms with Crippen LogP contribution in [0, 0.1) is 5.92 Å². The second-order valence-corrected chi connectivity index (χ2v) is 9.25. The van der Waals surface area contributed by atoms with E-state index in [1.807, 2.05) is 24.0 Å². The number of likely N-dealkylation sites (tertiary alicyclic amines) is 1. The van der Waals surface area contributed by atoms with Crippen LogP contribution in [-0.2, 0) is 16.6 Å². The van der Waals surface area contributed by atoms with Gasteiger partial charge in [0.05, 0.1) is 0 Å². The molecule has 1 aliphatic heterocycles. The Morgan fingerprint density at radius 3 is 2.21 bits per heavy atom. The monoisotopic (exact) mass is 393 g/mol. The summed E-state index contributed by atoms with van der Waals surface area (Å²) in [5.74, 6) is 1.56. The first-order chi connectivity index (χ1) is 13.9. The summed E-state index contributed by atoms with van der Waals surface area (Å²) < 4.78 is 6.08. The topological polar surface area (TPSA) is 29.5 Å². The summed E-state index contributed by atoms with van der Waals surface area (Å²) >= 11 is 0. The molecule has 0 bridgehead atoms. The summed E-state index contributed by atoms with van der Waals surface area (Å²) in [5.41, 5.74) is 2.78. The Morgan fingerprint density at radius 2 is 1.66 bits per heavy atom. The lowest BCUT2D eigenvalue weighted by Crippen LogP contribution is -2.45. The maximum Gasteiger partial charge on any atom is 0.263 e. The zero-order valence-corrected chi connectivity index (χ0v) is 18.4. The third-order valence-electron chi connectivity index (χ3n) is 5.94. The van der Waals surface area contributed by atoms with Gasteiger partial charge in [0, 0.05) is 13.1 Å². The highest BCUT2D eigenvalue weighted by Crippen LogP contribution is 2.26. The molecule has 2 aromatic carbocycles. The molecule has 0 N–H and O–H groups in total. The molecule has 3 heteroatoms. The third-order valence-corrected chi connectivity index (χ3v) is 5.94. The van der Waals surface area contributed by atoms with Gasteiger partial charge in [-0.05, 0) is 60.3 Å². The van der Waals surface area contributed by atoms with Gasteiger partial charge >= 0.3 is 0 Å². The van der Waals surface area contributed by atoms with E-state index >= 15 is 0 Å². The molecular formula is C26H35NO2. The molecule has 1 fully saturated rings. The van der Waals surface area contributed by atoms with Gasteiger partial charge in [-0.3, -0.25) is 4.79 Å². The lowest BCUT2D eigenvalue weighted by Gasteiger charge is -2.34. The number of carbonyl (C=O) groups is 1. The van der Waals surface area contributed by atoms with Crippen molar-refractivity contribution < 1.29 is 9.53 Å². The standard InChI is InChI=1S/C26H35NO2/c1-5-24(29-23-13-11-22(12-14-23)26(2,3)4)25(28)27-17-15-21(16-18-27)19-20-9-7-6-8-10-20/h6-14,21,24H,5,15-19H2,1-4H3. The Hall–Kier alpha value is -2.29. The number of amides is 1. The van der Waals surface area contributed by atoms with E-state index in [1.165, 1.54) is 11.1 Å². The highest BCUT2D eigenvalue weighted by atomic mass is 16.5. The van der Waals surface area contributed by atoms with Crippen molar-refractivity contribution in [3.05, 3.63) is 65.7 Å². The molecule has 0 aliphatic carbocycles. The van der Waals surface area contributed by atoms with Crippen LogP contribution < -0.4 is 4.74 Å². The Morgan fingerprint density at radius 1 is 1.03 bits per heavy atom. The van der Waals surface area contributed by atoms with Crippen LogP contribution in [0.1, 0.15) is 58.1 Å². The summed E-state index contributed by atoms with van der Waals surface area (Å²) in [7, 11) is 0. The van der Waals surface area contributed by atoms with E-state index in [0.29, 0.717) is 12.3 Å². The minimum Gasteiger partial charge on any atom is -0.481 e. The van der Waals surface area contributed by atoms with E-state index in [2.05, 4.69) is 63.2 Å². The highest BCUT2D eigenvalue weighted by molar-refractivity contribution is 5.81. The van der Waals surface area contributed by atoms with Crippen LogP contribution in [-0.4, -0.2) is 30.0 Å². The van der Waals surface area contributed by atoms with Gasteiger partial charge < -0.3 is 9.64 Å². The summed E-state index contributed by atoms with van der Waals surface area (Å²) in [6.07, 6.45) is 3.52. The van der Waals surface area contributed by atoms with Crippen molar-refractivity contribution in [1.82, 2.24) is 4.90 Å². The summed E-state index contributed by atoms with van der Waals surface area (Å²) in [5, 5.41) is 0. The number of rotatable bonds is 6. The predicted octanol–water partition coefficient (Wildman–Crippen LogP) is 5.62. The quantitative estimate of drug-likeness (QED) is 0.637. The fourth-order valence-electron chi connectivity index (χ4n) is 4.01. The number of hydrogen-bond acceptors (Lipinski definition) is 2. The lowest BCUT2D eigenvalue weighted by molar-refractivity contribution is -0.140. The van der Waals surface area contributed by atoms with Gasteiger partial charge in [-0.2, -0.15) is 0 Å². The molecular weight excluding hydrogens is 358 g/mol. The average molecular weight is 394 g/mol. The van der Waals surface area contributed by atoms with Crippen molar-refractivity contribution in [3.8, 4) is 5.75 Å². The number of ether oxygens (including phenoxy) is 1. The highest BCUT2D eigenvalue weighted by Gasteiger charge is 2.28. The molecule has 1 aliphatic rings. The molecule has 0 saturated carbocycles. The van der Waals surface area contributed by atoms with Crippen LogP contribution in [0.15, 0.2) is 54.6 Å². The van der Waals surface area contributed by atoms with Crippen LogP contribution in [0.25, 0.3) is 0 Å². The van der Waals surface area contributed by atoms with Gasteiger partial charge in [0.2, 0.25) is 0 Å². The third kappa shape index (κ3) is 5.85. The molecule has 1 unspecified atom stereocenters. The van der Waals surface area contributed by atoms with Crippen molar-refractivity contribution in [1.29, 1.82) is 0 Å². The van der Waals surface area contributed by atoms with Gasteiger partial charge in [-0.15, -0.1) is 0 Å². The van der Waals surface area contributed by atoms with Crippen LogP contribution in [0.2, 0.25) is 0 Å². The number of nitrogens with zero attached hydrogens (tertiary/aromatic N) is 1.